The summed E-state index contributed by atoms with van der Waals surface area (Å²) in [6, 6.07) is 9.53. The number of benzene rings is 2. The van der Waals surface area contributed by atoms with Crippen LogP contribution in [0.4, 0.5) is 17.1 Å². The Morgan fingerprint density at radius 3 is 2.47 bits per heavy atom. The van der Waals surface area contributed by atoms with Gasteiger partial charge < -0.3 is 20.3 Å². The molecule has 158 valence electrons. The average Bonchev–Trinajstić information content (AvgIpc) is 3.27. The van der Waals surface area contributed by atoms with E-state index < -0.39 is 10.8 Å². The third kappa shape index (κ3) is 4.86. The second-order valence-electron chi connectivity index (χ2n) is 7.07. The molecule has 0 saturated carbocycles. The zero-order chi connectivity index (χ0) is 21.7. The van der Waals surface area contributed by atoms with Crippen LogP contribution < -0.4 is 15.4 Å². The van der Waals surface area contributed by atoms with Crippen LogP contribution in [0.2, 0.25) is 0 Å². The van der Waals surface area contributed by atoms with Gasteiger partial charge >= 0.3 is 0 Å². The summed E-state index contributed by atoms with van der Waals surface area (Å²) >= 11 is 0. The van der Waals surface area contributed by atoms with Crippen LogP contribution in [0.25, 0.3) is 0 Å². The molecule has 0 atom stereocenters. The molecule has 1 aliphatic heterocycles. The monoisotopic (exact) mass is 412 g/mol. The predicted octanol–water partition coefficient (Wildman–Crippen LogP) is 3.20. The van der Waals surface area contributed by atoms with Crippen molar-refractivity contribution < 1.29 is 19.2 Å². The van der Waals surface area contributed by atoms with Gasteiger partial charge in [-0.2, -0.15) is 0 Å². The maximum atomic E-state index is 12.5. The van der Waals surface area contributed by atoms with Gasteiger partial charge in [-0.1, -0.05) is 0 Å². The van der Waals surface area contributed by atoms with E-state index in [0.717, 1.165) is 31.5 Å². The van der Waals surface area contributed by atoms with Crippen LogP contribution in [-0.2, 0) is 4.79 Å². The molecule has 2 aromatic rings. The number of amides is 2. The van der Waals surface area contributed by atoms with Crippen molar-refractivity contribution in [2.75, 3.05) is 37.4 Å². The van der Waals surface area contributed by atoms with Crippen molar-refractivity contribution in [3.05, 3.63) is 57.6 Å². The number of aryl methyl sites for hydroxylation is 1. The fraction of sp³-hybridized carbons (Fsp3) is 0.333. The molecule has 2 aromatic carbocycles. The first-order valence-electron chi connectivity index (χ1n) is 9.65. The molecule has 1 heterocycles. The SMILES string of the molecule is COc1ccc(NC(=O)CNc2ccc(C(=O)N3CCCC3)cc2C)c([N+](=O)[O-])c1. The van der Waals surface area contributed by atoms with E-state index in [1.807, 2.05) is 11.8 Å². The van der Waals surface area contributed by atoms with Crippen molar-refractivity contribution in [1.29, 1.82) is 0 Å². The standard InChI is InChI=1S/C21H24N4O5/c1-14-11-15(21(27)24-9-3-4-10-24)5-7-17(14)22-13-20(26)23-18-8-6-16(30-2)12-19(18)25(28)29/h5-8,11-12,22H,3-4,9-10,13H2,1-2H3,(H,23,26). The van der Waals surface area contributed by atoms with Crippen molar-refractivity contribution in [3.63, 3.8) is 0 Å². The summed E-state index contributed by atoms with van der Waals surface area (Å²) in [5.74, 6) is -0.0800. The van der Waals surface area contributed by atoms with Crippen LogP contribution in [0.5, 0.6) is 5.75 Å². The number of carbonyl (C=O) groups is 2. The summed E-state index contributed by atoms with van der Waals surface area (Å²) in [5, 5.41) is 16.8. The first-order valence-corrected chi connectivity index (χ1v) is 9.65. The molecule has 9 nitrogen and oxygen atoms in total. The Hall–Kier alpha value is -3.62. The van der Waals surface area contributed by atoms with Gasteiger partial charge in [0.2, 0.25) is 5.91 Å². The maximum Gasteiger partial charge on any atom is 0.296 e. The summed E-state index contributed by atoms with van der Waals surface area (Å²) in [5.41, 5.74) is 2.02. The van der Waals surface area contributed by atoms with Crippen LogP contribution in [-0.4, -0.2) is 48.4 Å². The van der Waals surface area contributed by atoms with Gasteiger partial charge in [0, 0.05) is 24.3 Å². The Kier molecular flexibility index (Phi) is 6.51. The highest BCUT2D eigenvalue weighted by molar-refractivity contribution is 5.97. The van der Waals surface area contributed by atoms with Crippen molar-refractivity contribution in [1.82, 2.24) is 4.90 Å². The average molecular weight is 412 g/mol. The predicted molar refractivity (Wildman–Crippen MR) is 113 cm³/mol. The van der Waals surface area contributed by atoms with E-state index >= 15 is 0 Å². The quantitative estimate of drug-likeness (QED) is 0.533. The fourth-order valence-electron chi connectivity index (χ4n) is 3.36. The van der Waals surface area contributed by atoms with Crippen LogP contribution >= 0.6 is 0 Å². The number of likely N-dealkylation sites (tertiary alicyclic amines) is 1. The molecular weight excluding hydrogens is 388 g/mol. The third-order valence-corrected chi connectivity index (χ3v) is 4.98. The van der Waals surface area contributed by atoms with Crippen LogP contribution in [0.15, 0.2) is 36.4 Å². The van der Waals surface area contributed by atoms with E-state index in [9.17, 15) is 19.7 Å². The van der Waals surface area contributed by atoms with Gasteiger partial charge in [0.25, 0.3) is 11.6 Å². The smallest absolute Gasteiger partial charge is 0.296 e. The van der Waals surface area contributed by atoms with Gasteiger partial charge in [0.05, 0.1) is 24.6 Å². The minimum absolute atomic E-state index is 0.0201. The highest BCUT2D eigenvalue weighted by atomic mass is 16.6. The minimum Gasteiger partial charge on any atom is -0.496 e. The van der Waals surface area contributed by atoms with Gasteiger partial charge in [-0.3, -0.25) is 19.7 Å². The fourth-order valence-corrected chi connectivity index (χ4v) is 3.36. The molecule has 3 rings (SSSR count). The third-order valence-electron chi connectivity index (χ3n) is 4.98. The molecule has 0 unspecified atom stereocenters. The molecule has 0 aromatic heterocycles. The van der Waals surface area contributed by atoms with Crippen molar-refractivity contribution >= 4 is 28.9 Å². The Labute approximate surface area is 174 Å². The number of carbonyl (C=O) groups excluding carboxylic acids is 2. The lowest BCUT2D eigenvalue weighted by molar-refractivity contribution is -0.384. The Morgan fingerprint density at radius 2 is 1.83 bits per heavy atom. The van der Waals surface area contributed by atoms with E-state index in [2.05, 4.69) is 10.6 Å². The van der Waals surface area contributed by atoms with E-state index in [-0.39, 0.29) is 23.8 Å². The lowest BCUT2D eigenvalue weighted by Crippen LogP contribution is -2.27. The van der Waals surface area contributed by atoms with Gasteiger partial charge in [-0.15, -0.1) is 0 Å². The lowest BCUT2D eigenvalue weighted by atomic mass is 10.1. The highest BCUT2D eigenvalue weighted by Gasteiger charge is 2.20. The summed E-state index contributed by atoms with van der Waals surface area (Å²) < 4.78 is 4.99. The topological polar surface area (TPSA) is 114 Å². The van der Waals surface area contributed by atoms with Gasteiger partial charge in [-0.05, 0) is 55.7 Å². The number of nitrogens with zero attached hydrogens (tertiary/aromatic N) is 2. The number of hydrogen-bond acceptors (Lipinski definition) is 6. The molecule has 2 N–H and O–H groups in total. The number of methoxy groups -OCH3 is 1. The normalized spacial score (nSPS) is 13.1. The van der Waals surface area contributed by atoms with Crippen molar-refractivity contribution in [3.8, 4) is 5.75 Å². The van der Waals surface area contributed by atoms with E-state index in [4.69, 9.17) is 4.74 Å². The highest BCUT2D eigenvalue weighted by Crippen LogP contribution is 2.29. The Morgan fingerprint density at radius 1 is 1.13 bits per heavy atom. The first-order chi connectivity index (χ1) is 14.4. The Balaban J connectivity index is 1.62. The number of anilines is 2. The molecule has 9 heteroatoms. The second-order valence-corrected chi connectivity index (χ2v) is 7.07. The molecule has 30 heavy (non-hydrogen) atoms. The largest absolute Gasteiger partial charge is 0.496 e. The summed E-state index contributed by atoms with van der Waals surface area (Å²) in [4.78, 5) is 37.3. The minimum atomic E-state index is -0.578. The molecule has 1 aliphatic rings. The molecule has 0 bridgehead atoms. The number of nitro benzene ring substituents is 1. The summed E-state index contributed by atoms with van der Waals surface area (Å²) in [6.07, 6.45) is 2.07. The van der Waals surface area contributed by atoms with Gasteiger partial charge in [-0.25, -0.2) is 0 Å². The first kappa shape index (κ1) is 21.1. The number of nitrogens with one attached hydrogen (secondary N) is 2. The lowest BCUT2D eigenvalue weighted by Gasteiger charge is -2.16. The van der Waals surface area contributed by atoms with E-state index in [1.165, 1.54) is 25.3 Å². The van der Waals surface area contributed by atoms with Gasteiger partial charge in [0.15, 0.2) is 0 Å². The van der Waals surface area contributed by atoms with Crippen LogP contribution in [0, 0.1) is 17.0 Å². The summed E-state index contributed by atoms with van der Waals surface area (Å²) in [7, 11) is 1.41. The van der Waals surface area contributed by atoms with E-state index in [1.54, 1.807) is 18.2 Å². The van der Waals surface area contributed by atoms with Crippen LogP contribution in [0.3, 0.4) is 0 Å². The van der Waals surface area contributed by atoms with Crippen LogP contribution in [0.1, 0.15) is 28.8 Å². The number of rotatable bonds is 7. The number of nitro groups is 1. The summed E-state index contributed by atoms with van der Waals surface area (Å²) in [6.45, 7) is 3.35. The van der Waals surface area contributed by atoms with Crippen molar-refractivity contribution in [2.24, 2.45) is 0 Å². The molecule has 0 aliphatic carbocycles. The molecular formula is C21H24N4O5. The second kappa shape index (κ2) is 9.25. The maximum absolute atomic E-state index is 12.5. The van der Waals surface area contributed by atoms with Crippen molar-refractivity contribution in [2.45, 2.75) is 19.8 Å². The molecule has 0 spiro atoms. The zero-order valence-corrected chi connectivity index (χ0v) is 16.9. The Bertz CT molecular complexity index is 970. The number of hydrogen-bond donors (Lipinski definition) is 2. The molecule has 1 saturated heterocycles. The van der Waals surface area contributed by atoms with E-state index in [0.29, 0.717) is 17.0 Å². The molecule has 1 fully saturated rings. The molecule has 0 radical (unpaired) electrons. The van der Waals surface area contributed by atoms with Gasteiger partial charge in [0.1, 0.15) is 11.4 Å². The molecule has 2 amide bonds. The zero-order valence-electron chi connectivity index (χ0n) is 16.9. The number of ether oxygens (including phenoxy) is 1.